The normalized spacial score (nSPS) is 18.6. The van der Waals surface area contributed by atoms with E-state index < -0.39 is 29.3 Å². The van der Waals surface area contributed by atoms with Gasteiger partial charge >= 0.3 is 0 Å². The van der Waals surface area contributed by atoms with Gasteiger partial charge in [0, 0.05) is 18.5 Å². The molecule has 1 atom stereocenters. The minimum absolute atomic E-state index is 0.0530. The van der Waals surface area contributed by atoms with E-state index in [9.17, 15) is 18.4 Å². The first-order valence-corrected chi connectivity index (χ1v) is 6.97. The molecule has 6 heteroatoms. The van der Waals surface area contributed by atoms with Crippen molar-refractivity contribution in [2.75, 3.05) is 6.54 Å². The van der Waals surface area contributed by atoms with Gasteiger partial charge in [-0.3, -0.25) is 9.59 Å². The molecule has 1 N–H and O–H groups in total. The van der Waals surface area contributed by atoms with Gasteiger partial charge < -0.3 is 10.0 Å². The highest BCUT2D eigenvalue weighted by Crippen LogP contribution is 2.25. The van der Waals surface area contributed by atoms with Crippen LogP contribution in [0.15, 0.2) is 12.1 Å². The molecule has 1 saturated heterocycles. The number of Topliss-reactive ketones (excluding diaryl/α,β-unsaturated/α-hetero) is 1. The number of likely N-dealkylation sites (tertiary alicyclic amines) is 1. The van der Waals surface area contributed by atoms with Crippen molar-refractivity contribution in [3.05, 3.63) is 29.3 Å². The first kappa shape index (κ1) is 15.4. The number of piperidine rings is 1. The molecule has 114 valence electrons. The molecular formula is C15H17F2NO3. The molecule has 0 aromatic heterocycles. The van der Waals surface area contributed by atoms with Crippen molar-refractivity contribution in [2.24, 2.45) is 0 Å². The largest absolute Gasteiger partial charge is 0.503 e. The number of rotatable bonds is 3. The Hall–Kier alpha value is -1.98. The maximum Gasteiger partial charge on any atom is 0.254 e. The number of amides is 1. The van der Waals surface area contributed by atoms with E-state index in [2.05, 4.69) is 0 Å². The number of nitrogens with zero attached hydrogens (tertiary/aromatic N) is 1. The van der Waals surface area contributed by atoms with E-state index in [0.717, 1.165) is 25.0 Å². The Labute approximate surface area is 121 Å². The Balaban J connectivity index is 2.31. The monoisotopic (exact) mass is 297 g/mol. The average Bonchev–Trinajstić information content (AvgIpc) is 2.50. The first-order valence-electron chi connectivity index (χ1n) is 6.97. The summed E-state index contributed by atoms with van der Waals surface area (Å²) in [5, 5.41) is 9.07. The second-order valence-electron chi connectivity index (χ2n) is 5.12. The topological polar surface area (TPSA) is 57.6 Å². The van der Waals surface area contributed by atoms with Gasteiger partial charge in [-0.25, -0.2) is 8.78 Å². The summed E-state index contributed by atoms with van der Waals surface area (Å²) >= 11 is 0. The third-order valence-corrected chi connectivity index (χ3v) is 3.75. The summed E-state index contributed by atoms with van der Waals surface area (Å²) in [4.78, 5) is 25.7. The average molecular weight is 297 g/mol. The van der Waals surface area contributed by atoms with Gasteiger partial charge in [-0.2, -0.15) is 0 Å². The predicted octanol–water partition coefficient (Wildman–Crippen LogP) is 2.64. The quantitative estimate of drug-likeness (QED) is 0.933. The van der Waals surface area contributed by atoms with Crippen LogP contribution < -0.4 is 0 Å². The highest BCUT2D eigenvalue weighted by molar-refractivity contribution is 5.98. The molecule has 0 unspecified atom stereocenters. The maximum atomic E-state index is 13.4. The van der Waals surface area contributed by atoms with Crippen LogP contribution in [0.2, 0.25) is 0 Å². The van der Waals surface area contributed by atoms with Gasteiger partial charge in [0.2, 0.25) is 0 Å². The minimum Gasteiger partial charge on any atom is -0.503 e. The van der Waals surface area contributed by atoms with Crippen LogP contribution in [0, 0.1) is 11.6 Å². The number of phenolic OH excluding ortho intramolecular Hbond substituents is 1. The van der Waals surface area contributed by atoms with Crippen LogP contribution >= 0.6 is 0 Å². The van der Waals surface area contributed by atoms with Crippen LogP contribution in [0.25, 0.3) is 0 Å². The summed E-state index contributed by atoms with van der Waals surface area (Å²) < 4.78 is 26.7. The number of ketones is 1. The Bertz CT molecular complexity index is 551. The van der Waals surface area contributed by atoms with E-state index in [-0.39, 0.29) is 11.3 Å². The summed E-state index contributed by atoms with van der Waals surface area (Å²) in [7, 11) is 0. The Morgan fingerprint density at radius 2 is 1.90 bits per heavy atom. The maximum absolute atomic E-state index is 13.4. The lowest BCUT2D eigenvalue weighted by Crippen LogP contribution is -2.47. The number of halogens is 2. The molecule has 1 fully saturated rings. The summed E-state index contributed by atoms with van der Waals surface area (Å²) in [6, 6.07) is 1.06. The van der Waals surface area contributed by atoms with Crippen LogP contribution in [0.5, 0.6) is 5.75 Å². The van der Waals surface area contributed by atoms with E-state index in [1.807, 2.05) is 0 Å². The van der Waals surface area contributed by atoms with Crippen molar-refractivity contribution in [3.63, 3.8) is 0 Å². The summed E-state index contributed by atoms with van der Waals surface area (Å²) in [5.41, 5.74) is -0.196. The van der Waals surface area contributed by atoms with Crippen molar-refractivity contribution in [1.29, 1.82) is 0 Å². The smallest absolute Gasteiger partial charge is 0.254 e. The molecule has 2 rings (SSSR count). The van der Waals surface area contributed by atoms with Crippen molar-refractivity contribution in [2.45, 2.75) is 38.6 Å². The molecule has 4 nitrogen and oxygen atoms in total. The predicted molar refractivity (Wildman–Crippen MR) is 72.0 cm³/mol. The van der Waals surface area contributed by atoms with Crippen molar-refractivity contribution in [3.8, 4) is 5.75 Å². The van der Waals surface area contributed by atoms with Crippen LogP contribution in [0.1, 0.15) is 43.0 Å². The molecule has 0 aliphatic carbocycles. The molecule has 1 aromatic rings. The van der Waals surface area contributed by atoms with Crippen molar-refractivity contribution in [1.82, 2.24) is 4.90 Å². The zero-order valence-corrected chi connectivity index (χ0v) is 11.7. The van der Waals surface area contributed by atoms with Crippen molar-refractivity contribution >= 4 is 11.7 Å². The molecular weight excluding hydrogens is 280 g/mol. The minimum atomic E-state index is -1.19. The fourth-order valence-corrected chi connectivity index (χ4v) is 2.60. The lowest BCUT2D eigenvalue weighted by atomic mass is 9.96. The molecule has 0 bridgehead atoms. The van der Waals surface area contributed by atoms with Crippen molar-refractivity contribution < 1.29 is 23.5 Å². The number of phenols is 1. The summed E-state index contributed by atoms with van der Waals surface area (Å²) in [6.45, 7) is 2.11. The molecule has 1 aromatic carbocycles. The molecule has 1 aliphatic heterocycles. The molecule has 21 heavy (non-hydrogen) atoms. The third-order valence-electron chi connectivity index (χ3n) is 3.75. The second-order valence-corrected chi connectivity index (χ2v) is 5.12. The van der Waals surface area contributed by atoms with Crippen LogP contribution in [-0.2, 0) is 4.79 Å². The van der Waals surface area contributed by atoms with E-state index in [0.29, 0.717) is 19.4 Å². The van der Waals surface area contributed by atoms with Gasteiger partial charge in [0.05, 0.1) is 6.04 Å². The van der Waals surface area contributed by atoms with E-state index in [4.69, 9.17) is 5.11 Å². The van der Waals surface area contributed by atoms with E-state index in [1.165, 1.54) is 4.90 Å². The zero-order valence-electron chi connectivity index (χ0n) is 11.7. The molecule has 1 heterocycles. The highest BCUT2D eigenvalue weighted by Gasteiger charge is 2.32. The third kappa shape index (κ3) is 3.04. The Kier molecular flexibility index (Phi) is 4.55. The van der Waals surface area contributed by atoms with Gasteiger partial charge in [0.1, 0.15) is 0 Å². The first-order chi connectivity index (χ1) is 9.95. The summed E-state index contributed by atoms with van der Waals surface area (Å²) in [5.74, 6) is -4.11. The fourth-order valence-electron chi connectivity index (χ4n) is 2.60. The number of carbonyl (C=O) groups is 2. The number of benzene rings is 1. The van der Waals surface area contributed by atoms with Gasteiger partial charge in [-0.1, -0.05) is 6.92 Å². The van der Waals surface area contributed by atoms with Crippen LogP contribution in [0.4, 0.5) is 8.78 Å². The zero-order chi connectivity index (χ0) is 15.6. The molecule has 0 spiro atoms. The Morgan fingerprint density at radius 1 is 1.29 bits per heavy atom. The molecule has 0 radical (unpaired) electrons. The SMILES string of the molecule is CCC(=O)[C@H]1CCCCN1C(=O)c1cc(F)c(O)c(F)c1. The lowest BCUT2D eigenvalue weighted by Gasteiger charge is -2.34. The standard InChI is InChI=1S/C15H17F2NO3/c1-2-13(19)12-5-3-4-6-18(12)15(21)9-7-10(16)14(20)11(17)8-9/h7-8,12,20H,2-6H2,1H3/t12-/m1/s1. The highest BCUT2D eigenvalue weighted by atomic mass is 19.1. The lowest BCUT2D eigenvalue weighted by molar-refractivity contribution is -0.124. The number of hydrogen-bond acceptors (Lipinski definition) is 3. The number of aromatic hydroxyl groups is 1. The molecule has 1 amide bonds. The van der Waals surface area contributed by atoms with Crippen LogP contribution in [-0.4, -0.2) is 34.3 Å². The van der Waals surface area contributed by atoms with Gasteiger partial charge in [-0.05, 0) is 31.4 Å². The van der Waals surface area contributed by atoms with Gasteiger partial charge in [0.15, 0.2) is 23.2 Å². The van der Waals surface area contributed by atoms with E-state index >= 15 is 0 Å². The Morgan fingerprint density at radius 3 is 2.48 bits per heavy atom. The summed E-state index contributed by atoms with van der Waals surface area (Å²) in [6.07, 6.45) is 2.48. The van der Waals surface area contributed by atoms with E-state index in [1.54, 1.807) is 6.92 Å². The fraction of sp³-hybridized carbons (Fsp3) is 0.467. The molecule has 0 saturated carbocycles. The molecule has 1 aliphatic rings. The van der Waals surface area contributed by atoms with Gasteiger partial charge in [-0.15, -0.1) is 0 Å². The van der Waals surface area contributed by atoms with Crippen LogP contribution in [0.3, 0.4) is 0 Å². The number of carbonyl (C=O) groups excluding carboxylic acids is 2. The second kappa shape index (κ2) is 6.20. The number of hydrogen-bond donors (Lipinski definition) is 1. The van der Waals surface area contributed by atoms with Gasteiger partial charge in [0.25, 0.3) is 5.91 Å².